The van der Waals surface area contributed by atoms with E-state index in [1.165, 1.54) is 5.69 Å². The minimum atomic E-state index is 0.247. The van der Waals surface area contributed by atoms with Gasteiger partial charge >= 0.3 is 0 Å². The van der Waals surface area contributed by atoms with Crippen molar-refractivity contribution >= 4 is 21.6 Å². The summed E-state index contributed by atoms with van der Waals surface area (Å²) in [6.07, 6.45) is 0. The van der Waals surface area contributed by atoms with Crippen molar-refractivity contribution in [3.8, 4) is 0 Å². The molecule has 0 unspecified atom stereocenters. The van der Waals surface area contributed by atoms with Crippen molar-refractivity contribution in [2.75, 3.05) is 44.2 Å². The lowest BCUT2D eigenvalue weighted by molar-refractivity contribution is 0.189. The van der Waals surface area contributed by atoms with Crippen molar-refractivity contribution < 1.29 is 5.11 Å². The van der Waals surface area contributed by atoms with Crippen LogP contribution < -0.4 is 10.6 Å². The number of aliphatic hydroxyl groups excluding tert-OH is 1. The summed E-state index contributed by atoms with van der Waals surface area (Å²) in [5.41, 5.74) is 8.03. The Morgan fingerprint density at radius 2 is 1.94 bits per heavy atom. The van der Waals surface area contributed by atoms with Crippen molar-refractivity contribution in [3.63, 3.8) is 0 Å². The van der Waals surface area contributed by atoms with E-state index in [9.17, 15) is 0 Å². The number of rotatable bonds is 4. The molecule has 1 aromatic rings. The Kier molecular flexibility index (Phi) is 5.00. The fourth-order valence-electron chi connectivity index (χ4n) is 2.27. The van der Waals surface area contributed by atoms with Crippen molar-refractivity contribution in [2.24, 2.45) is 5.73 Å². The van der Waals surface area contributed by atoms with Gasteiger partial charge < -0.3 is 15.7 Å². The molecule has 0 atom stereocenters. The molecular weight excluding hydrogens is 294 g/mol. The summed E-state index contributed by atoms with van der Waals surface area (Å²) in [5, 5.41) is 8.92. The number of hydrogen-bond acceptors (Lipinski definition) is 4. The van der Waals surface area contributed by atoms with E-state index in [0.29, 0.717) is 6.54 Å². The lowest BCUT2D eigenvalue weighted by Gasteiger charge is -2.36. The van der Waals surface area contributed by atoms with E-state index in [1.807, 2.05) is 0 Å². The molecular formula is C13H20BrN3O. The summed E-state index contributed by atoms with van der Waals surface area (Å²) < 4.78 is 1.08. The van der Waals surface area contributed by atoms with E-state index in [4.69, 9.17) is 10.8 Å². The number of aliphatic hydroxyl groups is 1. The first-order valence-corrected chi connectivity index (χ1v) is 7.10. The fraction of sp³-hybridized carbons (Fsp3) is 0.538. The molecule has 0 spiro atoms. The third-order valence-electron chi connectivity index (χ3n) is 3.41. The van der Waals surface area contributed by atoms with Gasteiger partial charge in [0, 0.05) is 49.4 Å². The molecule has 1 saturated heterocycles. The van der Waals surface area contributed by atoms with Gasteiger partial charge in [-0.05, 0) is 17.7 Å². The van der Waals surface area contributed by atoms with Gasteiger partial charge in [0.05, 0.1) is 6.61 Å². The van der Waals surface area contributed by atoms with E-state index in [1.54, 1.807) is 0 Å². The minimum Gasteiger partial charge on any atom is -0.395 e. The first-order chi connectivity index (χ1) is 8.74. The molecule has 1 aliphatic rings. The van der Waals surface area contributed by atoms with Crippen LogP contribution in [0.3, 0.4) is 0 Å². The molecule has 100 valence electrons. The van der Waals surface area contributed by atoms with E-state index >= 15 is 0 Å². The highest BCUT2D eigenvalue weighted by Crippen LogP contribution is 2.24. The molecule has 0 saturated carbocycles. The third-order valence-corrected chi connectivity index (χ3v) is 4.15. The van der Waals surface area contributed by atoms with E-state index in [-0.39, 0.29) is 6.61 Å². The first-order valence-electron chi connectivity index (χ1n) is 6.31. The zero-order valence-electron chi connectivity index (χ0n) is 10.5. The molecule has 0 bridgehead atoms. The largest absolute Gasteiger partial charge is 0.395 e. The van der Waals surface area contributed by atoms with Gasteiger partial charge in [-0.1, -0.05) is 22.0 Å². The molecule has 0 radical (unpaired) electrons. The third kappa shape index (κ3) is 3.23. The predicted molar refractivity (Wildman–Crippen MR) is 77.8 cm³/mol. The smallest absolute Gasteiger partial charge is 0.0558 e. The molecule has 4 nitrogen and oxygen atoms in total. The molecule has 1 heterocycles. The predicted octanol–water partition coefficient (Wildman–Crippen LogP) is 1.02. The van der Waals surface area contributed by atoms with Crippen LogP contribution in [-0.4, -0.2) is 49.3 Å². The van der Waals surface area contributed by atoms with Crippen molar-refractivity contribution in [1.82, 2.24) is 4.90 Å². The van der Waals surface area contributed by atoms with Gasteiger partial charge in [-0.2, -0.15) is 0 Å². The summed E-state index contributed by atoms with van der Waals surface area (Å²) in [6.45, 7) is 5.63. The van der Waals surface area contributed by atoms with E-state index < -0.39 is 0 Å². The maximum atomic E-state index is 8.92. The standard InChI is InChI=1S/C13H20BrN3O/c14-13-9-12(2-1-11(13)10-15)17-5-3-16(4-6-17)7-8-18/h1-2,9,18H,3-8,10,15H2. The fourth-order valence-corrected chi connectivity index (χ4v) is 2.80. The highest BCUT2D eigenvalue weighted by molar-refractivity contribution is 9.10. The summed E-state index contributed by atoms with van der Waals surface area (Å²) >= 11 is 3.56. The molecule has 1 fully saturated rings. The molecule has 5 heteroatoms. The quantitative estimate of drug-likeness (QED) is 0.871. The highest BCUT2D eigenvalue weighted by atomic mass is 79.9. The Hall–Kier alpha value is -0.620. The Morgan fingerprint density at radius 1 is 1.22 bits per heavy atom. The van der Waals surface area contributed by atoms with Crippen molar-refractivity contribution in [3.05, 3.63) is 28.2 Å². The van der Waals surface area contributed by atoms with Crippen LogP contribution in [0.1, 0.15) is 5.56 Å². The maximum Gasteiger partial charge on any atom is 0.0558 e. The number of halogens is 1. The number of β-amino-alcohol motifs (C(OH)–C–C–N with tert-alkyl or cyclic N) is 1. The van der Waals surface area contributed by atoms with Gasteiger partial charge in [-0.15, -0.1) is 0 Å². The van der Waals surface area contributed by atoms with Crippen LogP contribution in [0, 0.1) is 0 Å². The summed E-state index contributed by atoms with van der Waals surface area (Å²) in [5.74, 6) is 0. The van der Waals surface area contributed by atoms with Crippen LogP contribution in [0.4, 0.5) is 5.69 Å². The highest BCUT2D eigenvalue weighted by Gasteiger charge is 2.17. The second kappa shape index (κ2) is 6.52. The molecule has 1 aromatic carbocycles. The number of piperazine rings is 1. The Morgan fingerprint density at radius 3 is 2.50 bits per heavy atom. The van der Waals surface area contributed by atoms with Crippen LogP contribution >= 0.6 is 15.9 Å². The number of hydrogen-bond donors (Lipinski definition) is 2. The van der Waals surface area contributed by atoms with Crippen LogP contribution in [-0.2, 0) is 6.54 Å². The summed E-state index contributed by atoms with van der Waals surface area (Å²) in [7, 11) is 0. The van der Waals surface area contributed by atoms with Crippen LogP contribution in [0.15, 0.2) is 22.7 Å². The molecule has 3 N–H and O–H groups in total. The topological polar surface area (TPSA) is 52.7 Å². The number of nitrogens with zero attached hydrogens (tertiary/aromatic N) is 2. The number of benzene rings is 1. The zero-order valence-corrected chi connectivity index (χ0v) is 12.1. The normalized spacial score (nSPS) is 17.2. The van der Waals surface area contributed by atoms with Crippen molar-refractivity contribution in [2.45, 2.75) is 6.54 Å². The second-order valence-electron chi connectivity index (χ2n) is 4.53. The van der Waals surface area contributed by atoms with Crippen LogP contribution in [0.2, 0.25) is 0 Å². The van der Waals surface area contributed by atoms with Gasteiger partial charge in [0.25, 0.3) is 0 Å². The molecule has 18 heavy (non-hydrogen) atoms. The maximum absolute atomic E-state index is 8.92. The molecule has 2 rings (SSSR count). The van der Waals surface area contributed by atoms with Gasteiger partial charge in [-0.25, -0.2) is 0 Å². The Balaban J connectivity index is 1.99. The lowest BCUT2D eigenvalue weighted by Crippen LogP contribution is -2.47. The monoisotopic (exact) mass is 313 g/mol. The molecule has 1 aliphatic heterocycles. The summed E-state index contributed by atoms with van der Waals surface area (Å²) in [4.78, 5) is 4.67. The lowest BCUT2D eigenvalue weighted by atomic mass is 10.2. The van der Waals surface area contributed by atoms with Gasteiger partial charge in [-0.3, -0.25) is 4.90 Å². The average Bonchev–Trinajstić information content (AvgIpc) is 2.40. The summed E-state index contributed by atoms with van der Waals surface area (Å²) in [6, 6.07) is 6.36. The number of nitrogens with two attached hydrogens (primary N) is 1. The molecule has 0 amide bonds. The Labute approximate surface area is 117 Å². The van der Waals surface area contributed by atoms with Gasteiger partial charge in [0.15, 0.2) is 0 Å². The molecule has 0 aromatic heterocycles. The van der Waals surface area contributed by atoms with E-state index in [0.717, 1.165) is 42.8 Å². The number of anilines is 1. The van der Waals surface area contributed by atoms with Crippen LogP contribution in [0.25, 0.3) is 0 Å². The Bertz CT molecular complexity index is 392. The van der Waals surface area contributed by atoms with Gasteiger partial charge in [0.2, 0.25) is 0 Å². The average molecular weight is 314 g/mol. The van der Waals surface area contributed by atoms with Gasteiger partial charge in [0.1, 0.15) is 0 Å². The zero-order chi connectivity index (χ0) is 13.0. The molecule has 0 aliphatic carbocycles. The second-order valence-corrected chi connectivity index (χ2v) is 5.39. The van der Waals surface area contributed by atoms with Crippen molar-refractivity contribution in [1.29, 1.82) is 0 Å². The SMILES string of the molecule is NCc1ccc(N2CCN(CCO)CC2)cc1Br. The minimum absolute atomic E-state index is 0.247. The van der Waals surface area contributed by atoms with Crippen LogP contribution in [0.5, 0.6) is 0 Å². The first kappa shape index (κ1) is 13.8. The van der Waals surface area contributed by atoms with E-state index in [2.05, 4.69) is 43.9 Å².